The Bertz CT molecular complexity index is 841. The normalized spacial score (nSPS) is 13.2. The van der Waals surface area contributed by atoms with Crippen molar-refractivity contribution in [2.75, 3.05) is 7.11 Å². The van der Waals surface area contributed by atoms with E-state index >= 15 is 0 Å². The SMILES string of the molecule is COc1ccc(Cl)cc1S(=O)(=O)NCc1ccc2c(c1)CNC2.Cl. The van der Waals surface area contributed by atoms with E-state index in [2.05, 4.69) is 10.0 Å². The smallest absolute Gasteiger partial charge is 0.244 e. The molecular formula is C16H18Cl2N2O3S. The van der Waals surface area contributed by atoms with Crippen molar-refractivity contribution in [1.29, 1.82) is 0 Å². The number of hydrogen-bond donors (Lipinski definition) is 2. The molecule has 0 saturated heterocycles. The number of rotatable bonds is 5. The molecule has 2 aromatic carbocycles. The second kappa shape index (κ2) is 7.72. The first-order valence-electron chi connectivity index (χ1n) is 7.14. The van der Waals surface area contributed by atoms with Crippen LogP contribution in [-0.2, 0) is 29.7 Å². The van der Waals surface area contributed by atoms with Gasteiger partial charge in [0.25, 0.3) is 0 Å². The minimum absolute atomic E-state index is 0. The second-order valence-corrected chi connectivity index (χ2v) is 7.50. The number of fused-ring (bicyclic) bond motifs is 1. The zero-order valence-electron chi connectivity index (χ0n) is 13.0. The van der Waals surface area contributed by atoms with Crippen LogP contribution in [0.5, 0.6) is 5.75 Å². The highest BCUT2D eigenvalue weighted by Crippen LogP contribution is 2.27. The van der Waals surface area contributed by atoms with Crippen molar-refractivity contribution in [2.45, 2.75) is 24.5 Å². The predicted octanol–water partition coefficient (Wildman–Crippen LogP) is 2.85. The van der Waals surface area contributed by atoms with Crippen molar-refractivity contribution in [3.63, 3.8) is 0 Å². The number of halogens is 2. The number of benzene rings is 2. The number of nitrogens with one attached hydrogen (secondary N) is 2. The molecule has 0 fully saturated rings. The highest BCUT2D eigenvalue weighted by Gasteiger charge is 2.20. The molecule has 0 unspecified atom stereocenters. The third kappa shape index (κ3) is 4.02. The largest absolute Gasteiger partial charge is 0.495 e. The Kier molecular flexibility index (Phi) is 6.11. The van der Waals surface area contributed by atoms with E-state index in [9.17, 15) is 8.42 Å². The van der Waals surface area contributed by atoms with Gasteiger partial charge in [0.1, 0.15) is 10.6 Å². The maximum absolute atomic E-state index is 12.5. The molecule has 0 atom stereocenters. The van der Waals surface area contributed by atoms with Crippen molar-refractivity contribution < 1.29 is 13.2 Å². The summed E-state index contributed by atoms with van der Waals surface area (Å²) in [5, 5.41) is 3.61. The van der Waals surface area contributed by atoms with Crippen molar-refractivity contribution in [1.82, 2.24) is 10.0 Å². The first-order valence-corrected chi connectivity index (χ1v) is 9.00. The number of hydrogen-bond acceptors (Lipinski definition) is 4. The molecule has 24 heavy (non-hydrogen) atoms. The predicted molar refractivity (Wildman–Crippen MR) is 96.3 cm³/mol. The summed E-state index contributed by atoms with van der Waals surface area (Å²) >= 11 is 5.91. The van der Waals surface area contributed by atoms with E-state index in [0.29, 0.717) is 5.02 Å². The molecule has 0 radical (unpaired) electrons. The van der Waals surface area contributed by atoms with Crippen LogP contribution in [0, 0.1) is 0 Å². The maximum atomic E-state index is 12.5. The molecule has 130 valence electrons. The van der Waals surface area contributed by atoms with Gasteiger partial charge in [-0.3, -0.25) is 0 Å². The van der Waals surface area contributed by atoms with Gasteiger partial charge in [0.2, 0.25) is 10.0 Å². The van der Waals surface area contributed by atoms with Gasteiger partial charge in [-0.25, -0.2) is 13.1 Å². The molecule has 0 aromatic heterocycles. The van der Waals surface area contributed by atoms with Gasteiger partial charge in [-0.2, -0.15) is 0 Å². The van der Waals surface area contributed by atoms with Crippen molar-refractivity contribution in [3.05, 3.63) is 58.1 Å². The lowest BCUT2D eigenvalue weighted by Crippen LogP contribution is -2.23. The lowest BCUT2D eigenvalue weighted by atomic mass is 10.1. The molecule has 0 bridgehead atoms. The Morgan fingerprint density at radius 3 is 2.67 bits per heavy atom. The summed E-state index contributed by atoms with van der Waals surface area (Å²) < 4.78 is 32.7. The van der Waals surface area contributed by atoms with E-state index in [1.54, 1.807) is 6.07 Å². The van der Waals surface area contributed by atoms with Crippen LogP contribution in [0.15, 0.2) is 41.3 Å². The zero-order chi connectivity index (χ0) is 16.4. The fourth-order valence-electron chi connectivity index (χ4n) is 2.57. The van der Waals surface area contributed by atoms with Crippen LogP contribution in [0.1, 0.15) is 16.7 Å². The van der Waals surface area contributed by atoms with Crippen molar-refractivity contribution in [2.24, 2.45) is 0 Å². The fraction of sp³-hybridized carbons (Fsp3) is 0.250. The molecule has 2 N–H and O–H groups in total. The lowest BCUT2D eigenvalue weighted by Gasteiger charge is -2.11. The Balaban J connectivity index is 0.00000208. The second-order valence-electron chi connectivity index (χ2n) is 5.33. The summed E-state index contributed by atoms with van der Waals surface area (Å²) in [6, 6.07) is 10.5. The van der Waals surface area contributed by atoms with Gasteiger partial charge in [-0.15, -0.1) is 12.4 Å². The van der Waals surface area contributed by atoms with Gasteiger partial charge in [0.15, 0.2) is 0 Å². The highest BCUT2D eigenvalue weighted by molar-refractivity contribution is 7.89. The average Bonchev–Trinajstić information content (AvgIpc) is 3.00. The third-order valence-corrected chi connectivity index (χ3v) is 5.44. The molecule has 0 saturated carbocycles. The van der Waals surface area contributed by atoms with Crippen LogP contribution in [0.4, 0.5) is 0 Å². The van der Waals surface area contributed by atoms with Gasteiger partial charge in [0, 0.05) is 24.7 Å². The number of ether oxygens (including phenoxy) is 1. The molecule has 3 rings (SSSR count). The van der Waals surface area contributed by atoms with Gasteiger partial charge in [-0.05, 0) is 34.9 Å². The molecule has 1 heterocycles. The van der Waals surface area contributed by atoms with E-state index in [1.165, 1.54) is 30.4 Å². The van der Waals surface area contributed by atoms with Crippen LogP contribution < -0.4 is 14.8 Å². The Hall–Kier alpha value is -1.31. The third-order valence-electron chi connectivity index (χ3n) is 3.78. The quantitative estimate of drug-likeness (QED) is 0.826. The van der Waals surface area contributed by atoms with Gasteiger partial charge < -0.3 is 10.1 Å². The monoisotopic (exact) mass is 388 g/mol. The molecule has 1 aliphatic rings. The fourth-order valence-corrected chi connectivity index (χ4v) is 4.02. The molecular weight excluding hydrogens is 371 g/mol. The average molecular weight is 389 g/mol. The van der Waals surface area contributed by atoms with Crippen molar-refractivity contribution >= 4 is 34.0 Å². The minimum atomic E-state index is -3.71. The molecule has 1 aliphatic heterocycles. The van der Waals surface area contributed by atoms with Crippen LogP contribution >= 0.6 is 24.0 Å². The zero-order valence-corrected chi connectivity index (χ0v) is 15.4. The van der Waals surface area contributed by atoms with E-state index < -0.39 is 10.0 Å². The number of sulfonamides is 1. The van der Waals surface area contributed by atoms with Crippen molar-refractivity contribution in [3.8, 4) is 5.75 Å². The highest BCUT2D eigenvalue weighted by atomic mass is 35.5. The summed E-state index contributed by atoms with van der Waals surface area (Å²) in [4.78, 5) is 0.0373. The summed E-state index contributed by atoms with van der Waals surface area (Å²) in [6.07, 6.45) is 0. The first kappa shape index (κ1) is 19.0. The minimum Gasteiger partial charge on any atom is -0.495 e. The van der Waals surface area contributed by atoms with Crippen LogP contribution in [-0.4, -0.2) is 15.5 Å². The van der Waals surface area contributed by atoms with Crippen LogP contribution in [0.25, 0.3) is 0 Å². The topological polar surface area (TPSA) is 67.4 Å². The maximum Gasteiger partial charge on any atom is 0.244 e. The lowest BCUT2D eigenvalue weighted by molar-refractivity contribution is 0.402. The summed E-state index contributed by atoms with van der Waals surface area (Å²) in [6.45, 7) is 1.89. The number of methoxy groups -OCH3 is 1. The van der Waals surface area contributed by atoms with Gasteiger partial charge in [0.05, 0.1) is 7.11 Å². The van der Waals surface area contributed by atoms with E-state index in [1.807, 2.05) is 18.2 Å². The first-order chi connectivity index (χ1) is 11.0. The summed E-state index contributed by atoms with van der Waals surface area (Å²) in [7, 11) is -2.29. The Morgan fingerprint density at radius 1 is 1.17 bits per heavy atom. The molecule has 5 nitrogen and oxygen atoms in total. The molecule has 2 aromatic rings. The van der Waals surface area contributed by atoms with E-state index in [4.69, 9.17) is 16.3 Å². The molecule has 0 aliphatic carbocycles. The standard InChI is InChI=1S/C16H17ClN2O3S.ClH/c1-22-15-5-4-14(17)7-16(15)23(20,21)19-8-11-2-3-12-9-18-10-13(12)6-11;/h2-7,18-19H,8-10H2,1H3;1H. The van der Waals surface area contributed by atoms with E-state index in [0.717, 1.165) is 18.7 Å². The van der Waals surface area contributed by atoms with Gasteiger partial charge in [-0.1, -0.05) is 29.8 Å². The Morgan fingerprint density at radius 2 is 1.92 bits per heavy atom. The Labute approximate surface area is 152 Å². The summed E-state index contributed by atoms with van der Waals surface area (Å²) in [5.74, 6) is 0.264. The molecule has 8 heteroatoms. The van der Waals surface area contributed by atoms with Crippen LogP contribution in [0.3, 0.4) is 0 Å². The molecule has 0 spiro atoms. The molecule has 0 amide bonds. The van der Waals surface area contributed by atoms with Crippen LogP contribution in [0.2, 0.25) is 5.02 Å². The summed E-state index contributed by atoms with van der Waals surface area (Å²) in [5.41, 5.74) is 3.38. The van der Waals surface area contributed by atoms with Gasteiger partial charge >= 0.3 is 0 Å². The van der Waals surface area contributed by atoms with E-state index in [-0.39, 0.29) is 29.6 Å².